The molecule has 7 nitrogen and oxygen atoms in total. The van der Waals surface area contributed by atoms with Crippen molar-refractivity contribution in [3.05, 3.63) is 41.2 Å². The van der Waals surface area contributed by atoms with Crippen molar-refractivity contribution in [1.29, 1.82) is 0 Å². The summed E-state index contributed by atoms with van der Waals surface area (Å²) in [5, 5.41) is 20.6. The highest BCUT2D eigenvalue weighted by molar-refractivity contribution is 5.93. The van der Waals surface area contributed by atoms with Gasteiger partial charge in [0.2, 0.25) is 0 Å². The van der Waals surface area contributed by atoms with Gasteiger partial charge in [0.25, 0.3) is 5.91 Å². The lowest BCUT2D eigenvalue weighted by molar-refractivity contribution is 0.0950. The molecule has 0 aliphatic carbocycles. The first-order chi connectivity index (χ1) is 11.0. The fourth-order valence-electron chi connectivity index (χ4n) is 1.88. The van der Waals surface area contributed by atoms with Crippen LogP contribution in [0.3, 0.4) is 0 Å². The van der Waals surface area contributed by atoms with Crippen LogP contribution in [0.1, 0.15) is 48.4 Å². The number of amides is 1. The van der Waals surface area contributed by atoms with E-state index in [1.165, 1.54) is 6.21 Å². The van der Waals surface area contributed by atoms with Crippen molar-refractivity contribution in [2.24, 2.45) is 5.10 Å². The Labute approximate surface area is 134 Å². The summed E-state index contributed by atoms with van der Waals surface area (Å²) in [7, 11) is 0. The maximum Gasteiger partial charge on any atom is 0.291 e. The summed E-state index contributed by atoms with van der Waals surface area (Å²) in [5.41, 5.74) is 3.96. The summed E-state index contributed by atoms with van der Waals surface area (Å²) in [6.45, 7) is 6.28. The molecule has 0 bridgehead atoms. The summed E-state index contributed by atoms with van der Waals surface area (Å²) < 4.78 is 5.29. The predicted octanol–water partition coefficient (Wildman–Crippen LogP) is 2.40. The van der Waals surface area contributed by atoms with Gasteiger partial charge in [-0.2, -0.15) is 10.2 Å². The van der Waals surface area contributed by atoms with Gasteiger partial charge in [0.15, 0.2) is 17.2 Å². The Morgan fingerprint density at radius 3 is 2.96 bits per heavy atom. The summed E-state index contributed by atoms with van der Waals surface area (Å²) in [5.74, 6) is 0.182. The minimum Gasteiger partial charge on any atom is -0.504 e. The molecule has 1 aromatic heterocycles. The molecule has 0 atom stereocenters. The number of ether oxygens (including phenoxy) is 1. The zero-order chi connectivity index (χ0) is 16.8. The second kappa shape index (κ2) is 7.44. The van der Waals surface area contributed by atoms with Gasteiger partial charge in [-0.3, -0.25) is 9.89 Å². The number of phenolic OH excluding ortho intramolecular Hbond substituents is 1. The van der Waals surface area contributed by atoms with Crippen LogP contribution < -0.4 is 10.2 Å². The molecule has 2 aromatic rings. The maximum atomic E-state index is 11.9. The molecule has 1 amide bonds. The molecule has 0 aliphatic heterocycles. The van der Waals surface area contributed by atoms with Gasteiger partial charge in [-0.15, -0.1) is 0 Å². The number of rotatable bonds is 6. The lowest BCUT2D eigenvalue weighted by atomic mass is 10.1. The zero-order valence-electron chi connectivity index (χ0n) is 13.3. The van der Waals surface area contributed by atoms with Gasteiger partial charge >= 0.3 is 0 Å². The first-order valence-electron chi connectivity index (χ1n) is 7.36. The van der Waals surface area contributed by atoms with Gasteiger partial charge in [-0.25, -0.2) is 5.43 Å². The number of aromatic hydroxyl groups is 1. The van der Waals surface area contributed by atoms with E-state index in [-0.39, 0.29) is 17.4 Å². The molecular weight excluding hydrogens is 296 g/mol. The third-order valence-electron chi connectivity index (χ3n) is 3.15. The van der Waals surface area contributed by atoms with Gasteiger partial charge in [-0.1, -0.05) is 19.9 Å². The monoisotopic (exact) mass is 316 g/mol. The molecule has 2 rings (SSSR count). The summed E-state index contributed by atoms with van der Waals surface area (Å²) in [6.07, 6.45) is 1.35. The van der Waals surface area contributed by atoms with Crippen molar-refractivity contribution < 1.29 is 14.6 Å². The SMILES string of the molecule is CCOc1cccc(/C=N/NC(=O)c2cc(C(C)C)[nH]n2)c1O. The number of hydrogen-bond donors (Lipinski definition) is 3. The molecule has 0 saturated heterocycles. The van der Waals surface area contributed by atoms with Gasteiger partial charge in [0, 0.05) is 11.3 Å². The van der Waals surface area contributed by atoms with E-state index in [9.17, 15) is 9.90 Å². The van der Waals surface area contributed by atoms with E-state index < -0.39 is 5.91 Å². The number of aromatic amines is 1. The first-order valence-corrected chi connectivity index (χ1v) is 7.36. The van der Waals surface area contributed by atoms with E-state index in [2.05, 4.69) is 20.7 Å². The molecule has 0 aliphatic rings. The molecular formula is C16H20N4O3. The number of H-pyrrole nitrogens is 1. The Morgan fingerprint density at radius 2 is 2.30 bits per heavy atom. The van der Waals surface area contributed by atoms with Crippen LogP contribution in [-0.2, 0) is 0 Å². The summed E-state index contributed by atoms with van der Waals surface area (Å²) in [6, 6.07) is 6.74. The van der Waals surface area contributed by atoms with Crippen molar-refractivity contribution >= 4 is 12.1 Å². The van der Waals surface area contributed by atoms with Crippen molar-refractivity contribution in [2.45, 2.75) is 26.7 Å². The number of carbonyl (C=O) groups excluding carboxylic acids is 1. The largest absolute Gasteiger partial charge is 0.504 e. The van der Waals surface area contributed by atoms with E-state index in [1.54, 1.807) is 24.3 Å². The third kappa shape index (κ3) is 4.09. The summed E-state index contributed by atoms with van der Waals surface area (Å²) in [4.78, 5) is 11.9. The fourth-order valence-corrected chi connectivity index (χ4v) is 1.88. The molecule has 0 unspecified atom stereocenters. The molecule has 0 radical (unpaired) electrons. The maximum absolute atomic E-state index is 11.9. The Bertz CT molecular complexity index is 707. The predicted molar refractivity (Wildman–Crippen MR) is 87.0 cm³/mol. The molecule has 0 spiro atoms. The Morgan fingerprint density at radius 1 is 1.52 bits per heavy atom. The Balaban J connectivity index is 2.03. The average molecular weight is 316 g/mol. The van der Waals surface area contributed by atoms with Crippen molar-refractivity contribution in [2.75, 3.05) is 6.61 Å². The smallest absolute Gasteiger partial charge is 0.291 e. The fraction of sp³-hybridized carbons (Fsp3) is 0.312. The van der Waals surface area contributed by atoms with E-state index in [0.717, 1.165) is 5.69 Å². The van der Waals surface area contributed by atoms with Crippen molar-refractivity contribution in [3.8, 4) is 11.5 Å². The van der Waals surface area contributed by atoms with Crippen LogP contribution in [0.5, 0.6) is 11.5 Å². The lowest BCUT2D eigenvalue weighted by Gasteiger charge is -2.06. The first kappa shape index (κ1) is 16.5. The summed E-state index contributed by atoms with van der Waals surface area (Å²) >= 11 is 0. The minimum absolute atomic E-state index is 0.0192. The number of phenols is 1. The molecule has 7 heteroatoms. The molecule has 23 heavy (non-hydrogen) atoms. The van der Waals surface area contributed by atoms with Gasteiger partial charge in [0.05, 0.1) is 12.8 Å². The van der Waals surface area contributed by atoms with Crippen molar-refractivity contribution in [3.63, 3.8) is 0 Å². The van der Waals surface area contributed by atoms with Gasteiger partial charge < -0.3 is 9.84 Å². The lowest BCUT2D eigenvalue weighted by Crippen LogP contribution is -2.18. The molecule has 122 valence electrons. The van der Waals surface area contributed by atoms with Crippen LogP contribution >= 0.6 is 0 Å². The van der Waals surface area contributed by atoms with E-state index in [0.29, 0.717) is 17.9 Å². The van der Waals surface area contributed by atoms with E-state index >= 15 is 0 Å². The minimum atomic E-state index is -0.426. The second-order valence-corrected chi connectivity index (χ2v) is 5.19. The van der Waals surface area contributed by atoms with Crippen LogP contribution in [0.25, 0.3) is 0 Å². The number of hydrazone groups is 1. The van der Waals surface area contributed by atoms with E-state index in [4.69, 9.17) is 4.74 Å². The number of nitrogens with one attached hydrogen (secondary N) is 2. The highest BCUT2D eigenvalue weighted by Gasteiger charge is 2.11. The normalized spacial score (nSPS) is 11.1. The highest BCUT2D eigenvalue weighted by Crippen LogP contribution is 2.28. The topological polar surface area (TPSA) is 99.6 Å². The van der Waals surface area contributed by atoms with Crippen LogP contribution in [0.2, 0.25) is 0 Å². The number of para-hydroxylation sites is 1. The molecule has 0 fully saturated rings. The Kier molecular flexibility index (Phi) is 5.35. The number of benzene rings is 1. The zero-order valence-corrected chi connectivity index (χ0v) is 13.3. The van der Waals surface area contributed by atoms with E-state index in [1.807, 2.05) is 20.8 Å². The van der Waals surface area contributed by atoms with Crippen molar-refractivity contribution in [1.82, 2.24) is 15.6 Å². The molecule has 3 N–H and O–H groups in total. The molecule has 0 saturated carbocycles. The number of hydrogen-bond acceptors (Lipinski definition) is 5. The Hall–Kier alpha value is -2.83. The van der Waals surface area contributed by atoms with Crippen LogP contribution in [0, 0.1) is 0 Å². The number of carbonyl (C=O) groups is 1. The van der Waals surface area contributed by atoms with Crippen LogP contribution in [-0.4, -0.2) is 34.0 Å². The number of nitrogens with zero attached hydrogens (tertiary/aromatic N) is 2. The quantitative estimate of drug-likeness (QED) is 0.563. The third-order valence-corrected chi connectivity index (χ3v) is 3.15. The highest BCUT2D eigenvalue weighted by atomic mass is 16.5. The van der Waals surface area contributed by atoms with Gasteiger partial charge in [-0.05, 0) is 31.0 Å². The standard InChI is InChI=1S/C16H20N4O3/c1-4-23-14-7-5-6-11(15(14)21)9-17-20-16(22)13-8-12(10(2)3)18-19-13/h5-10,21H,4H2,1-3H3,(H,18,19)(H,20,22)/b17-9+. The second-order valence-electron chi connectivity index (χ2n) is 5.19. The van der Waals surface area contributed by atoms with Gasteiger partial charge in [0.1, 0.15) is 0 Å². The van der Waals surface area contributed by atoms with Crippen LogP contribution in [0.15, 0.2) is 29.4 Å². The number of aromatic nitrogens is 2. The van der Waals surface area contributed by atoms with Crippen LogP contribution in [0.4, 0.5) is 0 Å². The molecule has 1 aromatic carbocycles. The molecule has 1 heterocycles. The average Bonchev–Trinajstić information content (AvgIpc) is 3.01.